The Labute approximate surface area is 130 Å². The summed E-state index contributed by atoms with van der Waals surface area (Å²) in [5.41, 5.74) is 5.23. The molecule has 20 heavy (non-hydrogen) atoms. The first-order chi connectivity index (χ1) is 9.43. The van der Waals surface area contributed by atoms with Crippen LogP contribution in [0, 0.1) is 20.8 Å². The molecule has 108 valence electrons. The maximum Gasteiger partial charge on any atom is 0.270 e. The summed E-state index contributed by atoms with van der Waals surface area (Å²) in [5, 5.41) is 0.755. The zero-order chi connectivity index (χ0) is 15.0. The number of carbonyl (C=O) groups excluding carboxylic acids is 1. The number of hydrogen-bond donors (Lipinski definition) is 0. The molecule has 0 saturated carbocycles. The number of carbonyl (C=O) groups is 1. The minimum absolute atomic E-state index is 0.111. The first-order valence-electron chi connectivity index (χ1n) is 6.90. The number of halogens is 1. The van der Waals surface area contributed by atoms with Gasteiger partial charge in [-0.05, 0) is 49.6 Å². The summed E-state index contributed by atoms with van der Waals surface area (Å²) in [4.78, 5) is 15.2. The van der Waals surface area contributed by atoms with Gasteiger partial charge in [0.1, 0.15) is 0 Å². The highest BCUT2D eigenvalue weighted by molar-refractivity contribution is 8.04. The van der Waals surface area contributed by atoms with Crippen LogP contribution in [0.1, 0.15) is 37.0 Å². The lowest BCUT2D eigenvalue weighted by Gasteiger charge is -2.38. The number of allylic oxidation sites excluding steroid dienone is 1. The highest BCUT2D eigenvalue weighted by Crippen LogP contribution is 2.43. The van der Waals surface area contributed by atoms with Crippen molar-refractivity contribution in [3.05, 3.63) is 38.4 Å². The molecular formula is C16H20ClNOS. The number of aryl methyl sites for hydroxylation is 2. The molecule has 4 heteroatoms. The number of benzene rings is 1. The van der Waals surface area contributed by atoms with Crippen LogP contribution in [0.4, 0.5) is 5.69 Å². The molecule has 1 aromatic rings. The van der Waals surface area contributed by atoms with E-state index in [1.165, 1.54) is 0 Å². The molecule has 1 aliphatic heterocycles. The topological polar surface area (TPSA) is 20.3 Å². The maximum absolute atomic E-state index is 12.4. The largest absolute Gasteiger partial charge is 0.278 e. The maximum atomic E-state index is 12.4. The fourth-order valence-corrected chi connectivity index (χ4v) is 3.79. The van der Waals surface area contributed by atoms with Gasteiger partial charge in [-0.15, -0.1) is 11.8 Å². The van der Waals surface area contributed by atoms with E-state index in [9.17, 15) is 4.79 Å². The van der Waals surface area contributed by atoms with Crippen LogP contribution in [0.2, 0.25) is 5.02 Å². The van der Waals surface area contributed by atoms with Crippen molar-refractivity contribution in [2.24, 2.45) is 0 Å². The smallest absolute Gasteiger partial charge is 0.270 e. The van der Waals surface area contributed by atoms with Gasteiger partial charge in [0.05, 0.1) is 10.6 Å². The van der Waals surface area contributed by atoms with Crippen LogP contribution in [0.25, 0.3) is 0 Å². The molecule has 0 unspecified atom stereocenters. The number of hydrogen-bond acceptors (Lipinski definition) is 2. The van der Waals surface area contributed by atoms with Gasteiger partial charge in [-0.25, -0.2) is 0 Å². The SMILES string of the molecule is CCSC1=C(CC)N(c2c(C)cc(C)c(Cl)c2C)C1=O. The van der Waals surface area contributed by atoms with Crippen molar-refractivity contribution < 1.29 is 4.79 Å². The molecule has 1 amide bonds. The molecule has 0 spiro atoms. The average Bonchev–Trinajstić information content (AvgIpc) is 2.42. The molecule has 0 atom stereocenters. The zero-order valence-electron chi connectivity index (χ0n) is 12.6. The second-order valence-electron chi connectivity index (χ2n) is 5.00. The number of nitrogens with zero attached hydrogens (tertiary/aromatic N) is 1. The van der Waals surface area contributed by atoms with Crippen LogP contribution in [0.15, 0.2) is 16.7 Å². The highest BCUT2D eigenvalue weighted by atomic mass is 35.5. The molecule has 0 aliphatic carbocycles. The van der Waals surface area contributed by atoms with Crippen LogP contribution >= 0.6 is 23.4 Å². The Kier molecular flexibility index (Phi) is 4.50. The molecule has 0 fully saturated rings. The average molecular weight is 310 g/mol. The third-order valence-corrected chi connectivity index (χ3v) is 5.18. The summed E-state index contributed by atoms with van der Waals surface area (Å²) >= 11 is 7.99. The molecule has 0 bridgehead atoms. The van der Waals surface area contributed by atoms with Gasteiger partial charge in [0.15, 0.2) is 0 Å². The highest BCUT2D eigenvalue weighted by Gasteiger charge is 2.38. The van der Waals surface area contributed by atoms with Gasteiger partial charge in [0.25, 0.3) is 5.91 Å². The van der Waals surface area contributed by atoms with Crippen molar-refractivity contribution in [1.82, 2.24) is 0 Å². The van der Waals surface area contributed by atoms with E-state index < -0.39 is 0 Å². The Balaban J connectivity index is 2.55. The predicted molar refractivity (Wildman–Crippen MR) is 88.6 cm³/mol. The second-order valence-corrected chi connectivity index (χ2v) is 6.65. The first-order valence-corrected chi connectivity index (χ1v) is 8.27. The van der Waals surface area contributed by atoms with Crippen molar-refractivity contribution in [2.45, 2.75) is 41.0 Å². The molecule has 1 aromatic carbocycles. The van der Waals surface area contributed by atoms with Gasteiger partial charge in [0, 0.05) is 10.7 Å². The minimum atomic E-state index is 0.111. The van der Waals surface area contributed by atoms with Gasteiger partial charge < -0.3 is 0 Å². The van der Waals surface area contributed by atoms with E-state index in [0.29, 0.717) is 0 Å². The van der Waals surface area contributed by atoms with E-state index in [1.807, 2.05) is 25.7 Å². The van der Waals surface area contributed by atoms with Crippen molar-refractivity contribution in [3.63, 3.8) is 0 Å². The Morgan fingerprint density at radius 1 is 1.20 bits per heavy atom. The van der Waals surface area contributed by atoms with Crippen molar-refractivity contribution in [1.29, 1.82) is 0 Å². The Morgan fingerprint density at radius 3 is 2.40 bits per heavy atom. The van der Waals surface area contributed by atoms with Crippen LogP contribution < -0.4 is 4.90 Å². The van der Waals surface area contributed by atoms with E-state index >= 15 is 0 Å². The van der Waals surface area contributed by atoms with Gasteiger partial charge in [-0.3, -0.25) is 9.69 Å². The van der Waals surface area contributed by atoms with Crippen LogP contribution in [0.3, 0.4) is 0 Å². The molecule has 0 radical (unpaired) electrons. The fraction of sp³-hybridized carbons (Fsp3) is 0.438. The standard InChI is InChI=1S/C16H20ClNOS/c1-6-12-15(20-7-2)16(19)18(12)14-10(4)8-9(3)13(17)11(14)5/h8H,6-7H2,1-5H3. The molecule has 1 aliphatic rings. The number of rotatable bonds is 4. The zero-order valence-corrected chi connectivity index (χ0v) is 14.2. The van der Waals surface area contributed by atoms with Crippen LogP contribution in [-0.2, 0) is 4.79 Å². The van der Waals surface area contributed by atoms with E-state index in [1.54, 1.807) is 11.8 Å². The summed E-state index contributed by atoms with van der Waals surface area (Å²) in [6.45, 7) is 10.2. The van der Waals surface area contributed by atoms with Crippen molar-refractivity contribution in [2.75, 3.05) is 10.7 Å². The van der Waals surface area contributed by atoms with Crippen LogP contribution in [-0.4, -0.2) is 11.7 Å². The summed E-state index contributed by atoms with van der Waals surface area (Å²) in [6, 6.07) is 2.05. The van der Waals surface area contributed by atoms with Crippen molar-refractivity contribution >= 4 is 35.0 Å². The predicted octanol–water partition coefficient (Wildman–Crippen LogP) is 4.99. The summed E-state index contributed by atoms with van der Waals surface area (Å²) in [6.07, 6.45) is 0.860. The molecule has 1 heterocycles. The Bertz CT molecular complexity index is 607. The van der Waals surface area contributed by atoms with Crippen LogP contribution in [0.5, 0.6) is 0 Å². The molecule has 0 aromatic heterocycles. The lowest BCUT2D eigenvalue weighted by atomic mass is 10.00. The molecule has 0 N–H and O–H groups in total. The Hall–Kier alpha value is -0.930. The summed E-state index contributed by atoms with van der Waals surface area (Å²) in [5.74, 6) is 1.03. The normalized spacial score (nSPS) is 14.9. The summed E-state index contributed by atoms with van der Waals surface area (Å²) in [7, 11) is 0. The van der Waals surface area contributed by atoms with Gasteiger partial charge in [-0.2, -0.15) is 0 Å². The first kappa shape index (κ1) is 15.5. The van der Waals surface area contributed by atoms with E-state index in [-0.39, 0.29) is 5.91 Å². The van der Waals surface area contributed by atoms with Gasteiger partial charge in [-0.1, -0.05) is 31.5 Å². The molecule has 2 rings (SSSR count). The van der Waals surface area contributed by atoms with Crippen molar-refractivity contribution in [3.8, 4) is 0 Å². The summed E-state index contributed by atoms with van der Waals surface area (Å²) < 4.78 is 0. The van der Waals surface area contributed by atoms with E-state index in [4.69, 9.17) is 11.6 Å². The molecule has 0 saturated heterocycles. The number of anilines is 1. The number of thioether (sulfide) groups is 1. The van der Waals surface area contributed by atoms with E-state index in [0.717, 1.165) is 50.2 Å². The van der Waals surface area contributed by atoms with E-state index in [2.05, 4.69) is 19.9 Å². The third-order valence-electron chi connectivity index (χ3n) is 3.61. The molecular weight excluding hydrogens is 290 g/mol. The second kappa shape index (κ2) is 5.82. The monoisotopic (exact) mass is 309 g/mol. The quantitative estimate of drug-likeness (QED) is 0.781. The third kappa shape index (κ3) is 2.27. The van der Waals surface area contributed by atoms with Gasteiger partial charge >= 0.3 is 0 Å². The number of amides is 1. The lowest BCUT2D eigenvalue weighted by molar-refractivity contribution is -0.115. The van der Waals surface area contributed by atoms with Gasteiger partial charge in [0.2, 0.25) is 0 Å². The lowest BCUT2D eigenvalue weighted by Crippen LogP contribution is -2.42. The fourth-order valence-electron chi connectivity index (χ4n) is 2.74. The Morgan fingerprint density at radius 2 is 1.85 bits per heavy atom. The molecule has 2 nitrogen and oxygen atoms in total. The minimum Gasteiger partial charge on any atom is -0.278 e.